The van der Waals surface area contributed by atoms with Crippen molar-refractivity contribution in [3.8, 4) is 0 Å². The van der Waals surface area contributed by atoms with Gasteiger partial charge in [0.2, 0.25) is 0 Å². The molecule has 0 saturated carbocycles. The van der Waals surface area contributed by atoms with Crippen LogP contribution in [0.5, 0.6) is 0 Å². The van der Waals surface area contributed by atoms with E-state index in [-0.39, 0.29) is 31.6 Å². The van der Waals surface area contributed by atoms with E-state index in [9.17, 15) is 22.8 Å². The Morgan fingerprint density at radius 2 is 1.82 bits per heavy atom. The van der Waals surface area contributed by atoms with Gasteiger partial charge in [0.1, 0.15) is 5.60 Å². The fourth-order valence-corrected chi connectivity index (χ4v) is 3.06. The molecule has 0 aromatic heterocycles. The molecule has 2 atom stereocenters. The van der Waals surface area contributed by atoms with E-state index in [1.807, 2.05) is 0 Å². The molecule has 1 aromatic rings. The topological polar surface area (TPSA) is 76.1 Å². The number of carbonyl (C=O) groups excluding carboxylic acids is 1. The van der Waals surface area contributed by atoms with Gasteiger partial charge in [-0.25, -0.2) is 18.0 Å². The van der Waals surface area contributed by atoms with Crippen molar-refractivity contribution in [2.24, 2.45) is 0 Å². The lowest BCUT2D eigenvalue weighted by molar-refractivity contribution is -0.137. The minimum absolute atomic E-state index is 0.0326. The fourth-order valence-electron chi connectivity index (χ4n) is 3.06. The third-order valence-corrected chi connectivity index (χ3v) is 4.24. The van der Waals surface area contributed by atoms with Crippen LogP contribution in [0.25, 0.3) is 0 Å². The Hall–Kier alpha value is -2.29. The average molecular weight is 403 g/mol. The fraction of sp³-hybridized carbons (Fsp3) is 0.579. The molecule has 1 saturated heterocycles. The average Bonchev–Trinajstić information content (AvgIpc) is 2.57. The second-order valence-corrected chi connectivity index (χ2v) is 7.68. The normalized spacial score (nSPS) is 20.1. The first-order chi connectivity index (χ1) is 13.0. The Morgan fingerprint density at radius 1 is 1.21 bits per heavy atom. The number of nitrogens with zero attached hydrogens (tertiary/aromatic N) is 1. The maximum atomic E-state index is 13.7. The van der Waals surface area contributed by atoms with E-state index in [1.165, 1.54) is 4.90 Å². The Labute approximate surface area is 161 Å². The maximum Gasteiger partial charge on any atom is 0.411 e. The third kappa shape index (κ3) is 5.60. The van der Waals surface area contributed by atoms with Crippen LogP contribution in [0.3, 0.4) is 0 Å². The molecule has 28 heavy (non-hydrogen) atoms. The number of aliphatic carboxylic acids is 1. The standard InChI is InChI=1S/C19H24F3NO5/c1-19(2,3)28-18(26)23-12(5-4-6-16(24)25)9-27-10-15(23)11-7-13(20)17(22)14(21)8-11/h7-8,12,15H,4-6,9-10H2,1-3H3,(H,24,25)/t12-,15+/m1/s1. The lowest BCUT2D eigenvalue weighted by Crippen LogP contribution is -2.52. The van der Waals surface area contributed by atoms with E-state index in [2.05, 4.69) is 0 Å². The summed E-state index contributed by atoms with van der Waals surface area (Å²) in [5.74, 6) is -5.30. The summed E-state index contributed by atoms with van der Waals surface area (Å²) in [6.07, 6.45) is -0.231. The summed E-state index contributed by atoms with van der Waals surface area (Å²) in [5, 5.41) is 8.83. The molecule has 156 valence electrons. The summed E-state index contributed by atoms with van der Waals surface area (Å²) in [4.78, 5) is 24.9. The summed E-state index contributed by atoms with van der Waals surface area (Å²) in [7, 11) is 0. The quantitative estimate of drug-likeness (QED) is 0.751. The van der Waals surface area contributed by atoms with Crippen LogP contribution in [-0.4, -0.2) is 46.9 Å². The number of hydrogen-bond acceptors (Lipinski definition) is 4. The van der Waals surface area contributed by atoms with Crippen LogP contribution < -0.4 is 0 Å². The zero-order valence-electron chi connectivity index (χ0n) is 16.0. The second-order valence-electron chi connectivity index (χ2n) is 7.68. The van der Waals surface area contributed by atoms with Crippen LogP contribution in [0, 0.1) is 17.5 Å². The number of carbonyl (C=O) groups is 2. The van der Waals surface area contributed by atoms with Gasteiger partial charge in [0.25, 0.3) is 0 Å². The molecule has 0 radical (unpaired) electrons. The van der Waals surface area contributed by atoms with E-state index in [0.29, 0.717) is 6.42 Å². The van der Waals surface area contributed by atoms with E-state index < -0.39 is 47.2 Å². The highest BCUT2D eigenvalue weighted by molar-refractivity contribution is 5.70. The van der Waals surface area contributed by atoms with Gasteiger partial charge in [-0.3, -0.25) is 9.69 Å². The van der Waals surface area contributed by atoms with Crippen LogP contribution in [0.1, 0.15) is 51.6 Å². The largest absolute Gasteiger partial charge is 0.481 e. The number of halogens is 3. The van der Waals surface area contributed by atoms with E-state index >= 15 is 0 Å². The number of benzene rings is 1. The molecule has 9 heteroatoms. The van der Waals surface area contributed by atoms with E-state index in [0.717, 1.165) is 12.1 Å². The minimum Gasteiger partial charge on any atom is -0.481 e. The van der Waals surface area contributed by atoms with Gasteiger partial charge in [0.05, 0.1) is 25.3 Å². The highest BCUT2D eigenvalue weighted by atomic mass is 19.2. The third-order valence-electron chi connectivity index (χ3n) is 4.24. The molecule has 0 spiro atoms. The Morgan fingerprint density at radius 3 is 2.36 bits per heavy atom. The van der Waals surface area contributed by atoms with Gasteiger partial charge in [-0.15, -0.1) is 0 Å². The molecule has 0 unspecified atom stereocenters. The SMILES string of the molecule is CC(C)(C)OC(=O)N1[C@H](CCCC(=O)O)COC[C@H]1c1cc(F)c(F)c(F)c1. The maximum absolute atomic E-state index is 13.7. The monoisotopic (exact) mass is 403 g/mol. The summed E-state index contributed by atoms with van der Waals surface area (Å²) < 4.78 is 51.7. The molecular formula is C19H24F3NO5. The Kier molecular flexibility index (Phi) is 6.92. The molecule has 1 fully saturated rings. The van der Waals surface area contributed by atoms with Gasteiger partial charge in [-0.2, -0.15) is 0 Å². The van der Waals surface area contributed by atoms with Gasteiger partial charge >= 0.3 is 12.1 Å². The highest BCUT2D eigenvalue weighted by Gasteiger charge is 2.38. The number of carboxylic acid groups (broad SMARTS) is 1. The van der Waals surface area contributed by atoms with Gasteiger partial charge in [-0.1, -0.05) is 0 Å². The Balaban J connectivity index is 2.34. The zero-order chi connectivity index (χ0) is 21.1. The van der Waals surface area contributed by atoms with Crippen molar-refractivity contribution < 1.29 is 37.3 Å². The van der Waals surface area contributed by atoms with Crippen molar-refractivity contribution in [1.29, 1.82) is 0 Å². The number of carboxylic acids is 1. The molecule has 2 rings (SSSR count). The molecule has 0 bridgehead atoms. The molecule has 0 aliphatic carbocycles. The smallest absolute Gasteiger partial charge is 0.411 e. The van der Waals surface area contributed by atoms with E-state index in [4.69, 9.17) is 14.6 Å². The van der Waals surface area contributed by atoms with Crippen molar-refractivity contribution in [3.63, 3.8) is 0 Å². The van der Waals surface area contributed by atoms with Crippen LogP contribution in [0.15, 0.2) is 12.1 Å². The first kappa shape index (κ1) is 22.0. The van der Waals surface area contributed by atoms with Crippen molar-refractivity contribution in [2.75, 3.05) is 13.2 Å². The van der Waals surface area contributed by atoms with E-state index in [1.54, 1.807) is 20.8 Å². The number of morpholine rings is 1. The number of rotatable bonds is 5. The van der Waals surface area contributed by atoms with Gasteiger partial charge in [-0.05, 0) is 51.3 Å². The first-order valence-corrected chi connectivity index (χ1v) is 8.95. The zero-order valence-corrected chi connectivity index (χ0v) is 16.0. The van der Waals surface area contributed by atoms with Crippen LogP contribution in [0.4, 0.5) is 18.0 Å². The van der Waals surface area contributed by atoms with Gasteiger partial charge in [0, 0.05) is 6.42 Å². The van der Waals surface area contributed by atoms with Crippen LogP contribution >= 0.6 is 0 Å². The number of ether oxygens (including phenoxy) is 2. The van der Waals surface area contributed by atoms with Gasteiger partial charge < -0.3 is 14.6 Å². The summed E-state index contributed by atoms with van der Waals surface area (Å²) in [6.45, 7) is 5.10. The Bertz CT molecular complexity index is 712. The molecule has 1 amide bonds. The molecule has 1 aliphatic heterocycles. The predicted octanol–water partition coefficient (Wildman–Crippen LogP) is 4.04. The van der Waals surface area contributed by atoms with Crippen molar-refractivity contribution in [1.82, 2.24) is 4.90 Å². The molecule has 6 nitrogen and oxygen atoms in total. The van der Waals surface area contributed by atoms with Crippen molar-refractivity contribution in [2.45, 2.75) is 57.7 Å². The van der Waals surface area contributed by atoms with Gasteiger partial charge in [0.15, 0.2) is 17.5 Å². The number of amides is 1. The summed E-state index contributed by atoms with van der Waals surface area (Å²) in [5.41, 5.74) is -0.782. The van der Waals surface area contributed by atoms with Crippen molar-refractivity contribution >= 4 is 12.1 Å². The van der Waals surface area contributed by atoms with Crippen LogP contribution in [0.2, 0.25) is 0 Å². The van der Waals surface area contributed by atoms with Crippen LogP contribution in [-0.2, 0) is 14.3 Å². The summed E-state index contributed by atoms with van der Waals surface area (Å²) in [6, 6.07) is 0.194. The predicted molar refractivity (Wildman–Crippen MR) is 93.2 cm³/mol. The molecule has 1 N–H and O–H groups in total. The second kappa shape index (κ2) is 8.81. The molecule has 1 heterocycles. The molecule has 1 aliphatic rings. The highest BCUT2D eigenvalue weighted by Crippen LogP contribution is 2.32. The van der Waals surface area contributed by atoms with Crippen molar-refractivity contribution in [3.05, 3.63) is 35.1 Å². The lowest BCUT2D eigenvalue weighted by atomic mass is 9.99. The lowest BCUT2D eigenvalue weighted by Gasteiger charge is -2.42. The minimum atomic E-state index is -1.60. The number of hydrogen-bond donors (Lipinski definition) is 1. The molecule has 1 aromatic carbocycles. The molecular weight excluding hydrogens is 379 g/mol. The first-order valence-electron chi connectivity index (χ1n) is 8.95. The summed E-state index contributed by atoms with van der Waals surface area (Å²) >= 11 is 0.